The second-order valence-corrected chi connectivity index (χ2v) is 5.00. The summed E-state index contributed by atoms with van der Waals surface area (Å²) in [6.07, 6.45) is 1.82. The first-order chi connectivity index (χ1) is 9.44. The predicted octanol–water partition coefficient (Wildman–Crippen LogP) is 2.11. The van der Waals surface area contributed by atoms with Crippen molar-refractivity contribution in [2.45, 2.75) is 32.7 Å². The van der Waals surface area contributed by atoms with Gasteiger partial charge in [-0.3, -0.25) is 4.79 Å². The van der Waals surface area contributed by atoms with E-state index in [-0.39, 0.29) is 5.91 Å². The number of hydrogen-bond acceptors (Lipinski definition) is 5. The molecule has 20 heavy (non-hydrogen) atoms. The summed E-state index contributed by atoms with van der Waals surface area (Å²) in [6, 6.07) is 5.54. The predicted molar refractivity (Wildman–Crippen MR) is 76.0 cm³/mol. The van der Waals surface area contributed by atoms with E-state index in [0.717, 1.165) is 11.1 Å². The van der Waals surface area contributed by atoms with Gasteiger partial charge in [0.2, 0.25) is 18.2 Å². The van der Waals surface area contributed by atoms with Crippen molar-refractivity contribution in [3.63, 3.8) is 0 Å². The van der Waals surface area contributed by atoms with Crippen LogP contribution in [0.5, 0.6) is 0 Å². The average molecular weight is 274 g/mol. The van der Waals surface area contributed by atoms with Gasteiger partial charge in [0.15, 0.2) is 0 Å². The molecule has 0 saturated heterocycles. The van der Waals surface area contributed by atoms with Crippen LogP contribution >= 0.6 is 0 Å². The van der Waals surface area contributed by atoms with Gasteiger partial charge in [0, 0.05) is 11.3 Å². The minimum absolute atomic E-state index is 0.217. The van der Waals surface area contributed by atoms with Gasteiger partial charge in [0.05, 0.1) is 5.54 Å². The van der Waals surface area contributed by atoms with Crippen LogP contribution in [-0.4, -0.2) is 21.6 Å². The van der Waals surface area contributed by atoms with E-state index in [1.54, 1.807) is 13.0 Å². The van der Waals surface area contributed by atoms with Crippen LogP contribution in [0.25, 0.3) is 11.5 Å². The number of rotatable bonds is 4. The van der Waals surface area contributed by atoms with E-state index in [0.29, 0.717) is 18.0 Å². The van der Waals surface area contributed by atoms with Crippen molar-refractivity contribution in [3.8, 4) is 11.5 Å². The summed E-state index contributed by atoms with van der Waals surface area (Å²) in [5, 5.41) is 10.3. The van der Waals surface area contributed by atoms with E-state index in [9.17, 15) is 4.79 Å². The number of carbonyl (C=O) groups is 1. The fraction of sp³-hybridized carbons (Fsp3) is 0.357. The molecule has 0 aliphatic carbocycles. The maximum absolute atomic E-state index is 12.1. The topological polar surface area (TPSA) is 94.0 Å². The smallest absolute Gasteiger partial charge is 0.247 e. The first-order valence-corrected chi connectivity index (χ1v) is 6.41. The van der Waals surface area contributed by atoms with Crippen LogP contribution in [-0.2, 0) is 4.79 Å². The molecule has 3 N–H and O–H groups in total. The van der Waals surface area contributed by atoms with Gasteiger partial charge in [-0.05, 0) is 38.0 Å². The van der Waals surface area contributed by atoms with Gasteiger partial charge in [-0.15, -0.1) is 10.2 Å². The molecular formula is C14H18N4O2. The van der Waals surface area contributed by atoms with E-state index in [2.05, 4.69) is 15.5 Å². The first kappa shape index (κ1) is 14.2. The fourth-order valence-electron chi connectivity index (χ4n) is 1.61. The summed E-state index contributed by atoms with van der Waals surface area (Å²) in [7, 11) is 0. The number of anilines is 1. The molecule has 2 aromatic rings. The molecule has 1 unspecified atom stereocenters. The second-order valence-electron chi connectivity index (χ2n) is 5.00. The molecule has 0 bridgehead atoms. The SMILES string of the molecule is CCC(C)(N)C(=O)Nc1cc(-c2nnco2)ccc1C. The highest BCUT2D eigenvalue weighted by Crippen LogP contribution is 2.24. The molecule has 0 spiro atoms. The zero-order valence-corrected chi connectivity index (χ0v) is 11.8. The summed E-state index contributed by atoms with van der Waals surface area (Å²) in [4.78, 5) is 12.1. The quantitative estimate of drug-likeness (QED) is 0.890. The van der Waals surface area contributed by atoms with Gasteiger partial charge in [-0.1, -0.05) is 13.0 Å². The van der Waals surface area contributed by atoms with E-state index >= 15 is 0 Å². The van der Waals surface area contributed by atoms with E-state index < -0.39 is 5.54 Å². The Balaban J connectivity index is 2.28. The largest absolute Gasteiger partial charge is 0.423 e. The van der Waals surface area contributed by atoms with Crippen molar-refractivity contribution in [1.29, 1.82) is 0 Å². The van der Waals surface area contributed by atoms with Crippen LogP contribution in [0.1, 0.15) is 25.8 Å². The number of hydrogen-bond donors (Lipinski definition) is 2. The van der Waals surface area contributed by atoms with Gasteiger partial charge >= 0.3 is 0 Å². The number of nitrogens with one attached hydrogen (secondary N) is 1. The maximum Gasteiger partial charge on any atom is 0.247 e. The maximum atomic E-state index is 12.1. The number of aromatic nitrogens is 2. The Morgan fingerprint density at radius 2 is 2.25 bits per heavy atom. The minimum atomic E-state index is -0.896. The summed E-state index contributed by atoms with van der Waals surface area (Å²) in [5.74, 6) is 0.192. The molecule has 0 saturated carbocycles. The van der Waals surface area contributed by atoms with E-state index in [1.165, 1.54) is 6.39 Å². The van der Waals surface area contributed by atoms with Crippen LogP contribution in [0.2, 0.25) is 0 Å². The van der Waals surface area contributed by atoms with Crippen molar-refractivity contribution in [2.24, 2.45) is 5.73 Å². The highest BCUT2D eigenvalue weighted by atomic mass is 16.4. The normalized spacial score (nSPS) is 13.8. The van der Waals surface area contributed by atoms with Gasteiger partial charge in [0.25, 0.3) is 0 Å². The third-order valence-corrected chi connectivity index (χ3v) is 3.35. The van der Waals surface area contributed by atoms with Crippen molar-refractivity contribution in [1.82, 2.24) is 10.2 Å². The summed E-state index contributed by atoms with van der Waals surface area (Å²) in [5.41, 5.74) is 7.42. The molecule has 6 heteroatoms. The molecule has 1 amide bonds. The van der Waals surface area contributed by atoms with Crippen molar-refractivity contribution in [3.05, 3.63) is 30.2 Å². The number of carbonyl (C=O) groups excluding carboxylic acids is 1. The van der Waals surface area contributed by atoms with Gasteiger partial charge < -0.3 is 15.5 Å². The Morgan fingerprint density at radius 3 is 2.85 bits per heavy atom. The van der Waals surface area contributed by atoms with Crippen molar-refractivity contribution in [2.75, 3.05) is 5.32 Å². The number of benzene rings is 1. The molecule has 6 nitrogen and oxygen atoms in total. The molecule has 0 radical (unpaired) electrons. The minimum Gasteiger partial charge on any atom is -0.423 e. The molecule has 1 aromatic carbocycles. The van der Waals surface area contributed by atoms with Crippen molar-refractivity contribution < 1.29 is 9.21 Å². The lowest BCUT2D eigenvalue weighted by Crippen LogP contribution is -2.47. The molecule has 0 aliphatic rings. The Morgan fingerprint density at radius 1 is 1.50 bits per heavy atom. The molecule has 0 fully saturated rings. The number of nitrogens with two attached hydrogens (primary N) is 1. The highest BCUT2D eigenvalue weighted by molar-refractivity contribution is 5.98. The van der Waals surface area contributed by atoms with Crippen LogP contribution in [0.4, 0.5) is 5.69 Å². The van der Waals surface area contributed by atoms with Gasteiger partial charge in [-0.2, -0.15) is 0 Å². The Hall–Kier alpha value is -2.21. The number of amides is 1. The zero-order chi connectivity index (χ0) is 14.8. The molecule has 1 aromatic heterocycles. The first-order valence-electron chi connectivity index (χ1n) is 6.41. The van der Waals surface area contributed by atoms with E-state index in [1.807, 2.05) is 26.0 Å². The zero-order valence-electron chi connectivity index (χ0n) is 11.8. The standard InChI is InChI=1S/C14H18N4O2/c1-4-14(3,15)13(19)17-11-7-10(6-5-9(11)2)12-18-16-8-20-12/h5-8H,4,15H2,1-3H3,(H,17,19). The van der Waals surface area contributed by atoms with Crippen LogP contribution in [0, 0.1) is 6.92 Å². The van der Waals surface area contributed by atoms with Gasteiger partial charge in [0.1, 0.15) is 0 Å². The van der Waals surface area contributed by atoms with Crippen LogP contribution in [0.15, 0.2) is 29.0 Å². The molecular weight excluding hydrogens is 256 g/mol. The summed E-state index contributed by atoms with van der Waals surface area (Å²) in [6.45, 7) is 5.49. The van der Waals surface area contributed by atoms with Crippen molar-refractivity contribution >= 4 is 11.6 Å². The Bertz CT molecular complexity index is 606. The van der Waals surface area contributed by atoms with Gasteiger partial charge in [-0.25, -0.2) is 0 Å². The average Bonchev–Trinajstić information content (AvgIpc) is 2.95. The third kappa shape index (κ3) is 2.85. The Kier molecular flexibility index (Phi) is 3.85. The highest BCUT2D eigenvalue weighted by Gasteiger charge is 2.26. The lowest BCUT2D eigenvalue weighted by Gasteiger charge is -2.22. The molecule has 2 rings (SSSR count). The fourth-order valence-corrected chi connectivity index (χ4v) is 1.61. The lowest BCUT2D eigenvalue weighted by atomic mass is 9.99. The molecule has 1 heterocycles. The summed E-state index contributed by atoms with van der Waals surface area (Å²) < 4.78 is 5.15. The van der Waals surface area contributed by atoms with E-state index in [4.69, 9.17) is 10.2 Å². The monoisotopic (exact) mass is 274 g/mol. The Labute approximate surface area is 117 Å². The summed E-state index contributed by atoms with van der Waals surface area (Å²) >= 11 is 0. The van der Waals surface area contributed by atoms with Crippen LogP contribution in [0.3, 0.4) is 0 Å². The second kappa shape index (κ2) is 5.42. The molecule has 0 aliphatic heterocycles. The molecule has 106 valence electrons. The van der Waals surface area contributed by atoms with Crippen LogP contribution < -0.4 is 11.1 Å². The third-order valence-electron chi connectivity index (χ3n) is 3.35. The molecule has 1 atom stereocenters. The number of nitrogens with zero attached hydrogens (tertiary/aromatic N) is 2. The lowest BCUT2D eigenvalue weighted by molar-refractivity contribution is -0.120. The number of aryl methyl sites for hydroxylation is 1.